The number of halogens is 1. The van der Waals surface area contributed by atoms with Gasteiger partial charge in [-0.1, -0.05) is 18.2 Å². The van der Waals surface area contributed by atoms with Gasteiger partial charge in [-0.2, -0.15) is 0 Å². The molecule has 0 spiro atoms. The second kappa shape index (κ2) is 9.62. The lowest BCUT2D eigenvalue weighted by Crippen LogP contribution is -2.45. The van der Waals surface area contributed by atoms with Gasteiger partial charge >= 0.3 is 0 Å². The van der Waals surface area contributed by atoms with Crippen LogP contribution in [-0.4, -0.2) is 63.8 Å². The fraction of sp³-hybridized carbons (Fsp3) is 0.632. The van der Waals surface area contributed by atoms with Gasteiger partial charge in [-0.3, -0.25) is 4.99 Å². The Hall–Kier alpha value is -1.02. The Balaban J connectivity index is 0.00000225. The zero-order chi connectivity index (χ0) is 16.9. The molecule has 6 heteroatoms. The number of rotatable bonds is 5. The monoisotopic (exact) mass is 458 g/mol. The van der Waals surface area contributed by atoms with Crippen molar-refractivity contribution in [2.45, 2.75) is 25.8 Å². The van der Waals surface area contributed by atoms with Gasteiger partial charge < -0.3 is 19.9 Å². The minimum absolute atomic E-state index is 0. The molecule has 2 aliphatic rings. The number of nitrogens with one attached hydrogen (secondary N) is 1. The summed E-state index contributed by atoms with van der Waals surface area (Å²) in [7, 11) is 3.97. The van der Waals surface area contributed by atoms with Crippen molar-refractivity contribution < 1.29 is 4.74 Å². The van der Waals surface area contributed by atoms with Crippen LogP contribution in [0.5, 0.6) is 0 Å². The molecule has 1 N–H and O–H groups in total. The molecule has 0 radical (unpaired) electrons. The molecule has 1 aromatic carbocycles. The molecular weight excluding hydrogens is 427 g/mol. The van der Waals surface area contributed by atoms with E-state index >= 15 is 0 Å². The summed E-state index contributed by atoms with van der Waals surface area (Å²) in [6.45, 7) is 6.98. The predicted octanol–water partition coefficient (Wildman–Crippen LogP) is 2.60. The fourth-order valence-electron chi connectivity index (χ4n) is 3.84. The SMILES string of the molecule is CN=C(NCCN1c2ccccc2CC1C)N(C)CC1CCOC1.I. The van der Waals surface area contributed by atoms with Gasteiger partial charge in [0.2, 0.25) is 0 Å². The number of nitrogens with zero attached hydrogens (tertiary/aromatic N) is 3. The van der Waals surface area contributed by atoms with Crippen molar-refractivity contribution in [2.75, 3.05) is 51.8 Å². The van der Waals surface area contributed by atoms with Gasteiger partial charge in [0.05, 0.1) is 6.61 Å². The number of hydrogen-bond donors (Lipinski definition) is 1. The number of anilines is 1. The van der Waals surface area contributed by atoms with E-state index in [-0.39, 0.29) is 24.0 Å². The standard InChI is InChI=1S/C19H30N4O.HI/c1-15-12-17-6-4-5-7-18(17)23(15)10-9-21-19(20-2)22(3)13-16-8-11-24-14-16;/h4-7,15-16H,8-14H2,1-3H3,(H,20,21);1H. The van der Waals surface area contributed by atoms with Crippen LogP contribution < -0.4 is 10.2 Å². The third-order valence-electron chi connectivity index (χ3n) is 5.11. The van der Waals surface area contributed by atoms with Crippen LogP contribution in [0.15, 0.2) is 29.3 Å². The summed E-state index contributed by atoms with van der Waals surface area (Å²) in [5, 5.41) is 3.51. The van der Waals surface area contributed by atoms with Crippen molar-refractivity contribution in [3.63, 3.8) is 0 Å². The molecule has 2 aliphatic heterocycles. The molecule has 2 atom stereocenters. The van der Waals surface area contributed by atoms with Gasteiger partial charge in [-0.25, -0.2) is 0 Å². The normalized spacial score (nSPS) is 22.5. The van der Waals surface area contributed by atoms with E-state index in [1.165, 1.54) is 11.3 Å². The van der Waals surface area contributed by atoms with E-state index in [0.29, 0.717) is 12.0 Å². The lowest BCUT2D eigenvalue weighted by atomic mass is 10.1. The van der Waals surface area contributed by atoms with Gasteiger partial charge in [0.1, 0.15) is 0 Å². The smallest absolute Gasteiger partial charge is 0.193 e. The Kier molecular flexibility index (Phi) is 7.81. The maximum Gasteiger partial charge on any atom is 0.193 e. The Labute approximate surface area is 168 Å². The number of fused-ring (bicyclic) bond motifs is 1. The van der Waals surface area contributed by atoms with Crippen LogP contribution in [0.1, 0.15) is 18.9 Å². The number of benzene rings is 1. The van der Waals surface area contributed by atoms with Crippen LogP contribution in [0.25, 0.3) is 0 Å². The number of aliphatic imine (C=N–C) groups is 1. The summed E-state index contributed by atoms with van der Waals surface area (Å²) in [6.07, 6.45) is 2.30. The maximum absolute atomic E-state index is 5.47. The lowest BCUT2D eigenvalue weighted by Gasteiger charge is -2.28. The second-order valence-electron chi connectivity index (χ2n) is 6.96. The van der Waals surface area contributed by atoms with E-state index in [0.717, 1.165) is 51.6 Å². The van der Waals surface area contributed by atoms with Crippen LogP contribution in [0.2, 0.25) is 0 Å². The minimum atomic E-state index is 0. The molecule has 5 nitrogen and oxygen atoms in total. The summed E-state index contributed by atoms with van der Waals surface area (Å²) >= 11 is 0. The van der Waals surface area contributed by atoms with E-state index in [4.69, 9.17) is 4.74 Å². The molecule has 0 saturated carbocycles. The van der Waals surface area contributed by atoms with Crippen LogP contribution in [0.4, 0.5) is 5.69 Å². The lowest BCUT2D eigenvalue weighted by molar-refractivity contribution is 0.181. The van der Waals surface area contributed by atoms with Crippen molar-refractivity contribution in [1.29, 1.82) is 0 Å². The molecule has 2 unspecified atom stereocenters. The highest BCUT2D eigenvalue weighted by molar-refractivity contribution is 14.0. The van der Waals surface area contributed by atoms with Crippen molar-refractivity contribution in [1.82, 2.24) is 10.2 Å². The summed E-state index contributed by atoms with van der Waals surface area (Å²) < 4.78 is 5.47. The highest BCUT2D eigenvalue weighted by atomic mass is 127. The Morgan fingerprint density at radius 2 is 2.20 bits per heavy atom. The Bertz CT molecular complexity index is 574. The quantitative estimate of drug-likeness (QED) is 0.419. The molecule has 0 bridgehead atoms. The molecule has 2 heterocycles. The largest absolute Gasteiger partial charge is 0.381 e. The van der Waals surface area contributed by atoms with Crippen LogP contribution >= 0.6 is 24.0 Å². The van der Waals surface area contributed by atoms with Crippen LogP contribution in [0.3, 0.4) is 0 Å². The third kappa shape index (κ3) is 5.00. The first-order valence-corrected chi connectivity index (χ1v) is 9.03. The highest BCUT2D eigenvalue weighted by Crippen LogP contribution is 2.31. The molecule has 0 aliphatic carbocycles. The number of ether oxygens (including phenoxy) is 1. The van der Waals surface area contributed by atoms with Crippen LogP contribution in [-0.2, 0) is 11.2 Å². The Morgan fingerprint density at radius 3 is 2.92 bits per heavy atom. The summed E-state index contributed by atoms with van der Waals surface area (Å²) in [6, 6.07) is 9.32. The summed E-state index contributed by atoms with van der Waals surface area (Å²) in [4.78, 5) is 9.15. The number of guanidine groups is 1. The zero-order valence-corrected chi connectivity index (χ0v) is 17.9. The third-order valence-corrected chi connectivity index (χ3v) is 5.11. The first kappa shape index (κ1) is 20.3. The molecule has 1 saturated heterocycles. The van der Waals surface area contributed by atoms with Gasteiger partial charge in [0, 0.05) is 58.0 Å². The highest BCUT2D eigenvalue weighted by Gasteiger charge is 2.25. The average Bonchev–Trinajstić information content (AvgIpc) is 3.19. The molecule has 140 valence electrons. The van der Waals surface area contributed by atoms with Crippen LogP contribution in [0, 0.1) is 5.92 Å². The van der Waals surface area contributed by atoms with Gasteiger partial charge in [-0.05, 0) is 31.4 Å². The second-order valence-corrected chi connectivity index (χ2v) is 6.96. The molecule has 0 aromatic heterocycles. The van der Waals surface area contributed by atoms with Gasteiger partial charge in [0.25, 0.3) is 0 Å². The van der Waals surface area contributed by atoms with Crippen molar-refractivity contribution in [3.8, 4) is 0 Å². The van der Waals surface area contributed by atoms with E-state index < -0.39 is 0 Å². The average molecular weight is 458 g/mol. The van der Waals surface area contributed by atoms with E-state index in [1.807, 2.05) is 7.05 Å². The van der Waals surface area contributed by atoms with E-state index in [9.17, 15) is 0 Å². The van der Waals surface area contributed by atoms with E-state index in [1.54, 1.807) is 0 Å². The maximum atomic E-state index is 5.47. The van der Waals surface area contributed by atoms with Crippen molar-refractivity contribution >= 4 is 35.6 Å². The molecule has 0 amide bonds. The Morgan fingerprint density at radius 1 is 1.40 bits per heavy atom. The molecule has 3 rings (SSSR count). The summed E-state index contributed by atoms with van der Waals surface area (Å²) in [5.74, 6) is 1.60. The topological polar surface area (TPSA) is 40.1 Å². The van der Waals surface area contributed by atoms with E-state index in [2.05, 4.69) is 58.3 Å². The van der Waals surface area contributed by atoms with Gasteiger partial charge in [0.15, 0.2) is 5.96 Å². The first-order chi connectivity index (χ1) is 11.7. The number of para-hydroxylation sites is 1. The zero-order valence-electron chi connectivity index (χ0n) is 15.6. The summed E-state index contributed by atoms with van der Waals surface area (Å²) in [5.41, 5.74) is 2.85. The molecule has 1 aromatic rings. The number of hydrogen-bond acceptors (Lipinski definition) is 3. The molecule has 1 fully saturated rings. The fourth-order valence-corrected chi connectivity index (χ4v) is 3.84. The predicted molar refractivity (Wildman–Crippen MR) is 115 cm³/mol. The first-order valence-electron chi connectivity index (χ1n) is 9.03. The molecule has 25 heavy (non-hydrogen) atoms. The van der Waals surface area contributed by atoms with Crippen molar-refractivity contribution in [2.24, 2.45) is 10.9 Å². The van der Waals surface area contributed by atoms with Gasteiger partial charge in [-0.15, -0.1) is 24.0 Å². The minimum Gasteiger partial charge on any atom is -0.381 e. The van der Waals surface area contributed by atoms with Crippen molar-refractivity contribution in [3.05, 3.63) is 29.8 Å². The molecular formula is C19H31IN4O.